The lowest BCUT2D eigenvalue weighted by molar-refractivity contribution is -0.136. The summed E-state index contributed by atoms with van der Waals surface area (Å²) in [5.41, 5.74) is 0.973. The Bertz CT molecular complexity index is 1190. The normalized spacial score (nSPS) is 21.5. The molecule has 2 aromatic rings. The van der Waals surface area contributed by atoms with E-state index in [0.29, 0.717) is 22.9 Å². The molecule has 37 heavy (non-hydrogen) atoms. The van der Waals surface area contributed by atoms with Gasteiger partial charge in [-0.25, -0.2) is 9.97 Å². The van der Waals surface area contributed by atoms with Gasteiger partial charge >= 0.3 is 11.8 Å². The van der Waals surface area contributed by atoms with Crippen LogP contribution in [-0.4, -0.2) is 82.2 Å². The summed E-state index contributed by atoms with van der Waals surface area (Å²) in [6.45, 7) is 1.69. The first kappa shape index (κ1) is 27.4. The average Bonchev–Trinajstić information content (AvgIpc) is 3.29. The quantitative estimate of drug-likeness (QED) is 0.374. The van der Waals surface area contributed by atoms with E-state index in [1.54, 1.807) is 6.07 Å². The zero-order valence-electron chi connectivity index (χ0n) is 20.9. The molecule has 198 valence electrons. The Labute approximate surface area is 230 Å². The van der Waals surface area contributed by atoms with Gasteiger partial charge in [0.15, 0.2) is 5.01 Å². The van der Waals surface area contributed by atoms with Crippen LogP contribution < -0.4 is 16.0 Å². The van der Waals surface area contributed by atoms with E-state index in [1.807, 2.05) is 26.0 Å². The van der Waals surface area contributed by atoms with Crippen molar-refractivity contribution < 1.29 is 14.4 Å². The number of halogens is 1. The predicted molar refractivity (Wildman–Crippen MR) is 147 cm³/mol. The van der Waals surface area contributed by atoms with Crippen molar-refractivity contribution in [3.8, 4) is 0 Å². The lowest BCUT2D eigenvalue weighted by atomic mass is 9.81. The number of fused-ring (bicyclic) bond motifs is 1. The third kappa shape index (κ3) is 6.81. The molecule has 1 aliphatic heterocycles. The topological polar surface area (TPSA) is 120 Å². The number of thiocarbonyl (C=S) groups is 1. The third-order valence-electron chi connectivity index (χ3n) is 6.56. The number of nitrogens with one attached hydrogen (secondary N) is 3. The van der Waals surface area contributed by atoms with Gasteiger partial charge in [0.05, 0.1) is 21.7 Å². The monoisotopic (exact) mass is 563 g/mol. The molecule has 1 fully saturated rings. The highest BCUT2D eigenvalue weighted by molar-refractivity contribution is 7.80. The number of amides is 3. The van der Waals surface area contributed by atoms with Crippen LogP contribution in [0.25, 0.3) is 0 Å². The molecule has 0 unspecified atom stereocenters. The highest BCUT2D eigenvalue weighted by Gasteiger charge is 2.36. The number of rotatable bonds is 5. The second-order valence-electron chi connectivity index (χ2n) is 9.60. The highest BCUT2D eigenvalue weighted by atomic mass is 35.5. The molecule has 0 radical (unpaired) electrons. The number of hydrogen-bond donors (Lipinski definition) is 3. The number of anilines is 1. The molecule has 10 nitrogen and oxygen atoms in total. The van der Waals surface area contributed by atoms with E-state index in [4.69, 9.17) is 23.8 Å². The molecule has 1 saturated carbocycles. The summed E-state index contributed by atoms with van der Waals surface area (Å²) in [6, 6.07) is 2.22. The van der Waals surface area contributed by atoms with Crippen molar-refractivity contribution in [1.82, 2.24) is 30.4 Å². The fourth-order valence-electron chi connectivity index (χ4n) is 4.60. The molecule has 0 saturated heterocycles. The number of aromatic nitrogens is 2. The molecule has 2 aliphatic rings. The molecule has 13 heteroatoms. The van der Waals surface area contributed by atoms with Crippen LogP contribution in [0, 0.1) is 5.92 Å². The highest BCUT2D eigenvalue weighted by Crippen LogP contribution is 2.29. The predicted octanol–water partition coefficient (Wildman–Crippen LogP) is 2.09. The van der Waals surface area contributed by atoms with E-state index in [1.165, 1.54) is 23.6 Å². The van der Waals surface area contributed by atoms with Gasteiger partial charge in [-0.2, -0.15) is 0 Å². The molecule has 3 heterocycles. The standard InChI is InChI=1S/C24H30ClN7O3S2/c1-31(2)24(36)13-4-6-15(27-20(33)21(34)30-19-7-5-14(25)11-26-19)17(10-13)28-22(35)23-29-16-8-9-32(3)12-18(16)37-23/h5,7,11,13,15,17H,4,6,8-10,12H2,1-3H3,(H,27,33)(H,28,35)(H,26,30,34)/t13-,15-,17+/m0/s1. The summed E-state index contributed by atoms with van der Waals surface area (Å²) in [6.07, 6.45) is 4.02. The van der Waals surface area contributed by atoms with Crippen molar-refractivity contribution in [1.29, 1.82) is 0 Å². The van der Waals surface area contributed by atoms with Crippen molar-refractivity contribution in [2.75, 3.05) is 33.0 Å². The van der Waals surface area contributed by atoms with Crippen molar-refractivity contribution in [3.05, 3.63) is 38.9 Å². The lowest BCUT2D eigenvalue weighted by Crippen LogP contribution is -2.57. The molecule has 0 spiro atoms. The first-order valence-corrected chi connectivity index (χ1v) is 13.6. The van der Waals surface area contributed by atoms with E-state index < -0.39 is 23.9 Å². The van der Waals surface area contributed by atoms with E-state index in [9.17, 15) is 14.4 Å². The van der Waals surface area contributed by atoms with Gasteiger partial charge in [0.1, 0.15) is 5.82 Å². The van der Waals surface area contributed by atoms with Gasteiger partial charge in [0, 0.05) is 56.6 Å². The van der Waals surface area contributed by atoms with Crippen LogP contribution >= 0.6 is 35.2 Å². The van der Waals surface area contributed by atoms with Crippen LogP contribution in [0.5, 0.6) is 0 Å². The minimum atomic E-state index is -0.845. The van der Waals surface area contributed by atoms with Crippen molar-refractivity contribution in [2.45, 2.75) is 44.3 Å². The maximum absolute atomic E-state index is 13.2. The number of hydrogen-bond acceptors (Lipinski definition) is 8. The number of thiazole rings is 1. The van der Waals surface area contributed by atoms with E-state index in [-0.39, 0.29) is 17.6 Å². The van der Waals surface area contributed by atoms with E-state index in [0.717, 1.165) is 41.5 Å². The Morgan fingerprint density at radius 1 is 1.16 bits per heavy atom. The summed E-state index contributed by atoms with van der Waals surface area (Å²) in [7, 11) is 5.84. The first-order chi connectivity index (χ1) is 17.6. The maximum atomic E-state index is 13.2. The number of likely N-dealkylation sites (N-methyl/N-ethyl adjacent to an activating group) is 1. The Kier molecular flexibility index (Phi) is 8.73. The number of carbonyl (C=O) groups is 3. The molecular formula is C24H30ClN7O3S2. The third-order valence-corrected chi connectivity index (χ3v) is 8.57. The largest absolute Gasteiger partial charge is 0.372 e. The Hall–Kier alpha value is -2.67. The van der Waals surface area contributed by atoms with Gasteiger partial charge in [-0.05, 0) is 38.4 Å². The van der Waals surface area contributed by atoms with Gasteiger partial charge in [-0.1, -0.05) is 23.8 Å². The molecule has 4 rings (SSSR count). The summed E-state index contributed by atoms with van der Waals surface area (Å²) in [5, 5.41) is 9.17. The van der Waals surface area contributed by atoms with Crippen LogP contribution in [0.3, 0.4) is 0 Å². The molecule has 3 amide bonds. The molecule has 3 N–H and O–H groups in total. The molecule has 0 aromatic carbocycles. The van der Waals surface area contributed by atoms with Crippen LogP contribution in [0.4, 0.5) is 5.82 Å². The second-order valence-corrected chi connectivity index (χ2v) is 11.5. The van der Waals surface area contributed by atoms with Gasteiger partial charge in [0.25, 0.3) is 5.91 Å². The molecule has 3 atom stereocenters. The minimum absolute atomic E-state index is 0.0636. The van der Waals surface area contributed by atoms with Gasteiger partial charge < -0.3 is 25.8 Å². The zero-order valence-corrected chi connectivity index (χ0v) is 23.3. The van der Waals surface area contributed by atoms with Gasteiger partial charge in [-0.15, -0.1) is 11.3 Å². The Balaban J connectivity index is 1.45. The molecular weight excluding hydrogens is 534 g/mol. The Morgan fingerprint density at radius 3 is 2.65 bits per heavy atom. The smallest absolute Gasteiger partial charge is 0.314 e. The van der Waals surface area contributed by atoms with E-state index in [2.05, 4.69) is 30.8 Å². The van der Waals surface area contributed by atoms with Crippen LogP contribution in [0.2, 0.25) is 5.02 Å². The number of pyridine rings is 1. The number of carbonyl (C=O) groups excluding carboxylic acids is 3. The van der Waals surface area contributed by atoms with Crippen molar-refractivity contribution >= 4 is 63.7 Å². The second kappa shape index (κ2) is 11.8. The number of nitrogens with zero attached hydrogens (tertiary/aromatic N) is 4. The summed E-state index contributed by atoms with van der Waals surface area (Å²) < 4.78 is 0. The van der Waals surface area contributed by atoms with Gasteiger partial charge in [-0.3, -0.25) is 14.4 Å². The van der Waals surface area contributed by atoms with Crippen LogP contribution in [0.15, 0.2) is 18.3 Å². The summed E-state index contributed by atoms with van der Waals surface area (Å²) >= 11 is 12.8. The molecule has 0 bridgehead atoms. The van der Waals surface area contributed by atoms with Crippen LogP contribution in [0.1, 0.15) is 39.6 Å². The first-order valence-electron chi connectivity index (χ1n) is 12.0. The maximum Gasteiger partial charge on any atom is 0.314 e. The average molecular weight is 564 g/mol. The summed E-state index contributed by atoms with van der Waals surface area (Å²) in [4.78, 5) is 53.0. The summed E-state index contributed by atoms with van der Waals surface area (Å²) in [5.74, 6) is -1.65. The molecule has 2 aromatic heterocycles. The van der Waals surface area contributed by atoms with Gasteiger partial charge in [0.2, 0.25) is 0 Å². The van der Waals surface area contributed by atoms with Crippen molar-refractivity contribution in [3.63, 3.8) is 0 Å². The lowest BCUT2D eigenvalue weighted by Gasteiger charge is -2.38. The fraction of sp³-hybridized carbons (Fsp3) is 0.500. The van der Waals surface area contributed by atoms with Crippen LogP contribution in [-0.2, 0) is 22.6 Å². The fourth-order valence-corrected chi connectivity index (χ4v) is 6.02. The minimum Gasteiger partial charge on any atom is -0.372 e. The Morgan fingerprint density at radius 2 is 1.95 bits per heavy atom. The SMILES string of the molecule is CN1CCc2nc(C(=O)N[C@@H]3C[C@@H](C(=S)N(C)C)CC[C@@H]3NC(=O)C(=O)Nc3ccc(Cl)cn3)sc2C1. The van der Waals surface area contributed by atoms with Crippen molar-refractivity contribution in [2.24, 2.45) is 5.92 Å². The zero-order chi connectivity index (χ0) is 26.7. The molecule has 1 aliphatic carbocycles. The van der Waals surface area contributed by atoms with E-state index >= 15 is 0 Å².